The van der Waals surface area contributed by atoms with Crippen LogP contribution in [0.4, 0.5) is 0 Å². The molecule has 0 aliphatic carbocycles. The van der Waals surface area contributed by atoms with Crippen molar-refractivity contribution in [3.8, 4) is 12.1 Å². The molecule has 1 heterocycles. The molecule has 0 spiro atoms. The minimum atomic E-state index is -0.303. The zero-order valence-electron chi connectivity index (χ0n) is 10.6. The van der Waals surface area contributed by atoms with Crippen molar-refractivity contribution < 1.29 is 4.79 Å². The molecule has 0 saturated carbocycles. The molecule has 0 saturated heterocycles. The fourth-order valence-corrected chi connectivity index (χ4v) is 1.83. The van der Waals surface area contributed by atoms with Gasteiger partial charge in [0.2, 0.25) is 0 Å². The molecule has 1 aromatic rings. The summed E-state index contributed by atoms with van der Waals surface area (Å²) < 4.78 is 0. The molecule has 0 fully saturated rings. The predicted molar refractivity (Wildman–Crippen MR) is 70.3 cm³/mol. The molecule has 19 heavy (non-hydrogen) atoms. The van der Waals surface area contributed by atoms with E-state index in [2.05, 4.69) is 4.98 Å². The number of aryl methyl sites for hydroxylation is 1. The van der Waals surface area contributed by atoms with Crippen LogP contribution in [-0.2, 0) is 0 Å². The van der Waals surface area contributed by atoms with Gasteiger partial charge in [-0.15, -0.1) is 0 Å². The summed E-state index contributed by atoms with van der Waals surface area (Å²) in [4.78, 5) is 17.8. The molecule has 0 atom stereocenters. The van der Waals surface area contributed by atoms with Gasteiger partial charge in [-0.3, -0.25) is 9.78 Å². The van der Waals surface area contributed by atoms with E-state index in [-0.39, 0.29) is 31.8 Å². The number of rotatable bonds is 5. The molecule has 1 aromatic heterocycles. The van der Waals surface area contributed by atoms with Crippen molar-refractivity contribution in [3.63, 3.8) is 0 Å². The molecule has 0 aliphatic heterocycles. The fraction of sp³-hybridized carbons (Fsp3) is 0.385. The van der Waals surface area contributed by atoms with Gasteiger partial charge in [0, 0.05) is 25.0 Å². The zero-order chi connectivity index (χ0) is 14.3. The van der Waals surface area contributed by atoms with Gasteiger partial charge in [-0.25, -0.2) is 0 Å². The molecule has 1 amide bonds. The van der Waals surface area contributed by atoms with Crippen LogP contribution < -0.4 is 0 Å². The van der Waals surface area contributed by atoms with Gasteiger partial charge >= 0.3 is 0 Å². The van der Waals surface area contributed by atoms with Gasteiger partial charge in [0.25, 0.3) is 5.91 Å². The van der Waals surface area contributed by atoms with E-state index in [1.807, 2.05) is 12.1 Å². The maximum atomic E-state index is 12.3. The van der Waals surface area contributed by atoms with Crippen molar-refractivity contribution in [2.75, 3.05) is 13.1 Å². The van der Waals surface area contributed by atoms with Crippen molar-refractivity contribution in [2.24, 2.45) is 0 Å². The first-order valence-electron chi connectivity index (χ1n) is 5.75. The van der Waals surface area contributed by atoms with Crippen molar-refractivity contribution in [1.29, 1.82) is 10.5 Å². The topological polar surface area (TPSA) is 80.8 Å². The van der Waals surface area contributed by atoms with Crippen LogP contribution in [-0.4, -0.2) is 28.9 Å². The van der Waals surface area contributed by atoms with E-state index in [4.69, 9.17) is 22.1 Å². The van der Waals surface area contributed by atoms with Crippen LogP contribution in [0.2, 0.25) is 5.02 Å². The number of carbonyl (C=O) groups excluding carboxylic acids is 1. The van der Waals surface area contributed by atoms with Crippen LogP contribution in [0.1, 0.15) is 28.9 Å². The second kappa shape index (κ2) is 7.35. The maximum Gasteiger partial charge on any atom is 0.257 e. The van der Waals surface area contributed by atoms with Crippen LogP contribution >= 0.6 is 11.6 Å². The largest absolute Gasteiger partial charge is 0.336 e. The van der Waals surface area contributed by atoms with Crippen molar-refractivity contribution >= 4 is 17.5 Å². The zero-order valence-corrected chi connectivity index (χ0v) is 11.3. The SMILES string of the molecule is Cc1cc(Cl)c(C(=O)N(CCC#N)CCC#N)cn1. The lowest BCUT2D eigenvalue weighted by atomic mass is 10.2. The van der Waals surface area contributed by atoms with E-state index in [9.17, 15) is 4.79 Å². The van der Waals surface area contributed by atoms with E-state index in [0.29, 0.717) is 10.6 Å². The Morgan fingerprint density at radius 3 is 2.42 bits per heavy atom. The molecule has 0 bridgehead atoms. The summed E-state index contributed by atoms with van der Waals surface area (Å²) in [7, 11) is 0. The number of nitriles is 2. The van der Waals surface area contributed by atoms with E-state index in [1.54, 1.807) is 13.0 Å². The average molecular weight is 277 g/mol. The van der Waals surface area contributed by atoms with Gasteiger partial charge in [-0.2, -0.15) is 10.5 Å². The van der Waals surface area contributed by atoms with Crippen molar-refractivity contribution in [2.45, 2.75) is 19.8 Å². The maximum absolute atomic E-state index is 12.3. The van der Waals surface area contributed by atoms with Crippen LogP contribution in [0, 0.1) is 29.6 Å². The highest BCUT2D eigenvalue weighted by Crippen LogP contribution is 2.18. The number of nitrogens with zero attached hydrogens (tertiary/aromatic N) is 4. The minimum absolute atomic E-state index is 0.216. The summed E-state index contributed by atoms with van der Waals surface area (Å²) in [6.07, 6.45) is 1.86. The quantitative estimate of drug-likeness (QED) is 0.826. The average Bonchev–Trinajstić information content (AvgIpc) is 2.38. The van der Waals surface area contributed by atoms with E-state index < -0.39 is 0 Å². The Hall–Kier alpha value is -2.11. The lowest BCUT2D eigenvalue weighted by Gasteiger charge is -2.20. The Bertz CT molecular complexity index is 527. The molecule has 0 unspecified atom stereocenters. The number of halogens is 1. The Kier molecular flexibility index (Phi) is 5.78. The third-order valence-corrected chi connectivity index (χ3v) is 2.81. The standard InChI is InChI=1S/C13H13ClN4O/c1-10-8-12(14)11(9-17-10)13(19)18(6-2-4-15)7-3-5-16/h8-9H,2-3,6-7H2,1H3. The molecule has 98 valence electrons. The third-order valence-electron chi connectivity index (χ3n) is 2.49. The van der Waals surface area contributed by atoms with Gasteiger partial charge in [-0.05, 0) is 13.0 Å². The van der Waals surface area contributed by atoms with Crippen molar-refractivity contribution in [1.82, 2.24) is 9.88 Å². The normalized spacial score (nSPS) is 9.47. The fourth-order valence-electron chi connectivity index (χ4n) is 1.54. The molecule has 0 aromatic carbocycles. The Morgan fingerprint density at radius 1 is 1.37 bits per heavy atom. The second-order valence-corrected chi connectivity index (χ2v) is 4.32. The lowest BCUT2D eigenvalue weighted by molar-refractivity contribution is 0.0762. The molecule has 0 N–H and O–H groups in total. The monoisotopic (exact) mass is 276 g/mol. The Morgan fingerprint density at radius 2 is 1.95 bits per heavy atom. The molecule has 0 radical (unpaired) electrons. The second-order valence-electron chi connectivity index (χ2n) is 3.91. The van der Waals surface area contributed by atoms with Gasteiger partial charge in [0.1, 0.15) is 0 Å². The molecular weight excluding hydrogens is 264 g/mol. The Labute approximate surface area is 117 Å². The van der Waals surface area contributed by atoms with Crippen LogP contribution in [0.25, 0.3) is 0 Å². The summed E-state index contributed by atoms with van der Waals surface area (Å²) in [6.45, 7) is 2.34. The highest BCUT2D eigenvalue weighted by Gasteiger charge is 2.18. The number of pyridine rings is 1. The summed E-state index contributed by atoms with van der Waals surface area (Å²) in [5.41, 5.74) is 1.02. The van der Waals surface area contributed by atoms with E-state index in [0.717, 1.165) is 5.69 Å². The summed E-state index contributed by atoms with van der Waals surface area (Å²) >= 11 is 6.02. The summed E-state index contributed by atoms with van der Waals surface area (Å²) in [5, 5.41) is 17.5. The van der Waals surface area contributed by atoms with E-state index in [1.165, 1.54) is 11.1 Å². The highest BCUT2D eigenvalue weighted by molar-refractivity contribution is 6.33. The molecule has 5 nitrogen and oxygen atoms in total. The van der Waals surface area contributed by atoms with Gasteiger partial charge < -0.3 is 4.90 Å². The highest BCUT2D eigenvalue weighted by atomic mass is 35.5. The van der Waals surface area contributed by atoms with Gasteiger partial charge in [-0.1, -0.05) is 11.6 Å². The van der Waals surface area contributed by atoms with Gasteiger partial charge in [0.15, 0.2) is 0 Å². The first-order valence-corrected chi connectivity index (χ1v) is 6.13. The molecule has 6 heteroatoms. The van der Waals surface area contributed by atoms with Crippen LogP contribution in [0.15, 0.2) is 12.3 Å². The van der Waals surface area contributed by atoms with Gasteiger partial charge in [0.05, 0.1) is 35.6 Å². The molecule has 0 aliphatic rings. The summed E-state index contributed by atoms with van der Waals surface area (Å²) in [6, 6.07) is 5.57. The summed E-state index contributed by atoms with van der Waals surface area (Å²) in [5.74, 6) is -0.303. The number of hydrogen-bond donors (Lipinski definition) is 0. The first kappa shape index (κ1) is 14.9. The lowest BCUT2D eigenvalue weighted by Crippen LogP contribution is -2.33. The number of hydrogen-bond acceptors (Lipinski definition) is 4. The first-order chi connectivity index (χ1) is 9.10. The van der Waals surface area contributed by atoms with E-state index >= 15 is 0 Å². The number of carbonyl (C=O) groups is 1. The van der Waals surface area contributed by atoms with Crippen LogP contribution in [0.5, 0.6) is 0 Å². The number of amides is 1. The Balaban J connectivity index is 2.91. The minimum Gasteiger partial charge on any atom is -0.336 e. The molecular formula is C13H13ClN4O. The van der Waals surface area contributed by atoms with Crippen molar-refractivity contribution in [3.05, 3.63) is 28.5 Å². The predicted octanol–water partition coefficient (Wildman–Crippen LogP) is 2.31. The molecule has 1 rings (SSSR count). The third kappa shape index (κ3) is 4.24. The number of aromatic nitrogens is 1. The van der Waals surface area contributed by atoms with Crippen LogP contribution in [0.3, 0.4) is 0 Å². The smallest absolute Gasteiger partial charge is 0.257 e.